The maximum atomic E-state index is 12.6. The van der Waals surface area contributed by atoms with Gasteiger partial charge in [0.25, 0.3) is 0 Å². The number of rotatable bonds is 5. The van der Waals surface area contributed by atoms with E-state index in [1.165, 1.54) is 16.7 Å². The highest BCUT2D eigenvalue weighted by molar-refractivity contribution is 7.85. The van der Waals surface area contributed by atoms with E-state index in [9.17, 15) is 4.21 Å². The lowest BCUT2D eigenvalue weighted by Crippen LogP contribution is -2.23. The minimum atomic E-state index is -1.13. The molecule has 0 aliphatic heterocycles. The Morgan fingerprint density at radius 3 is 2.52 bits per heavy atom. The summed E-state index contributed by atoms with van der Waals surface area (Å²) in [5, 5.41) is 3.82. The van der Waals surface area contributed by atoms with Gasteiger partial charge in [0.1, 0.15) is 0 Å². The van der Waals surface area contributed by atoms with E-state index in [0.717, 1.165) is 0 Å². The number of hydrogen-bond donors (Lipinski definition) is 1. The first-order chi connectivity index (χ1) is 10.0. The number of benzene rings is 2. The Bertz CT molecular complexity index is 657. The largest absolute Gasteiger partial charge is 0.312 e. The summed E-state index contributed by atoms with van der Waals surface area (Å²) in [6, 6.07) is 13.7. The molecule has 2 atom stereocenters. The highest BCUT2D eigenvalue weighted by Gasteiger charge is 2.17. The van der Waals surface area contributed by atoms with Crippen molar-refractivity contribution in [1.29, 1.82) is 0 Å². The van der Waals surface area contributed by atoms with Crippen LogP contribution in [-0.4, -0.2) is 17.0 Å². The summed E-state index contributed by atoms with van der Waals surface area (Å²) in [6.07, 6.45) is 0. The summed E-state index contributed by atoms with van der Waals surface area (Å²) in [4.78, 5) is 0.698. The van der Waals surface area contributed by atoms with E-state index >= 15 is 0 Å². The monoisotopic (exact) mass is 321 g/mol. The summed E-state index contributed by atoms with van der Waals surface area (Å²) in [5.74, 6) is 0.504. The van der Waals surface area contributed by atoms with Gasteiger partial charge in [-0.1, -0.05) is 47.5 Å². The van der Waals surface area contributed by atoms with Crippen LogP contribution in [0.2, 0.25) is 5.02 Å². The molecule has 0 radical (unpaired) electrons. The molecule has 0 spiro atoms. The minimum Gasteiger partial charge on any atom is -0.312 e. The second-order valence-corrected chi connectivity index (χ2v) is 7.02. The van der Waals surface area contributed by atoms with Crippen LogP contribution in [0.1, 0.15) is 22.7 Å². The molecule has 0 aliphatic rings. The van der Waals surface area contributed by atoms with Gasteiger partial charge in [-0.2, -0.15) is 0 Å². The van der Waals surface area contributed by atoms with E-state index in [4.69, 9.17) is 11.6 Å². The number of aryl methyl sites for hydroxylation is 2. The highest BCUT2D eigenvalue weighted by Crippen LogP contribution is 2.24. The van der Waals surface area contributed by atoms with Gasteiger partial charge in [0, 0.05) is 11.8 Å². The molecule has 0 aliphatic carbocycles. The maximum absolute atomic E-state index is 12.6. The number of halogens is 1. The first kappa shape index (κ1) is 16.2. The maximum Gasteiger partial charge on any atom is 0.0574 e. The van der Waals surface area contributed by atoms with Gasteiger partial charge in [-0.05, 0) is 44.2 Å². The van der Waals surface area contributed by atoms with Gasteiger partial charge in [0.15, 0.2) is 0 Å². The minimum absolute atomic E-state index is 0.0442. The van der Waals surface area contributed by atoms with Gasteiger partial charge in [0.2, 0.25) is 0 Å². The van der Waals surface area contributed by atoms with Crippen molar-refractivity contribution in [1.82, 2.24) is 5.32 Å². The molecule has 1 N–H and O–H groups in total. The smallest absolute Gasteiger partial charge is 0.0574 e. The average Bonchev–Trinajstić information content (AvgIpc) is 2.45. The van der Waals surface area contributed by atoms with Crippen LogP contribution in [0.5, 0.6) is 0 Å². The van der Waals surface area contributed by atoms with Crippen molar-refractivity contribution in [3.8, 4) is 0 Å². The molecule has 0 saturated heterocycles. The van der Waals surface area contributed by atoms with Crippen molar-refractivity contribution in [2.45, 2.75) is 24.8 Å². The number of nitrogens with one attached hydrogen (secondary N) is 1. The molecule has 2 aromatic carbocycles. The molecule has 0 heterocycles. The second-order valence-electron chi connectivity index (χ2n) is 5.14. The quantitative estimate of drug-likeness (QED) is 0.901. The van der Waals surface area contributed by atoms with Crippen molar-refractivity contribution in [3.63, 3.8) is 0 Å². The van der Waals surface area contributed by atoms with Crippen molar-refractivity contribution >= 4 is 22.4 Å². The van der Waals surface area contributed by atoms with Gasteiger partial charge in [-0.25, -0.2) is 0 Å². The second kappa shape index (κ2) is 7.21. The van der Waals surface area contributed by atoms with E-state index in [-0.39, 0.29) is 6.04 Å². The van der Waals surface area contributed by atoms with E-state index < -0.39 is 10.8 Å². The van der Waals surface area contributed by atoms with Crippen molar-refractivity contribution in [3.05, 3.63) is 64.2 Å². The first-order valence-electron chi connectivity index (χ1n) is 6.90. The number of hydrogen-bond acceptors (Lipinski definition) is 2. The normalized spacial score (nSPS) is 13.9. The van der Waals surface area contributed by atoms with Crippen molar-refractivity contribution in [2.24, 2.45) is 0 Å². The Morgan fingerprint density at radius 1 is 1.19 bits per heavy atom. The van der Waals surface area contributed by atoms with Crippen molar-refractivity contribution < 1.29 is 4.21 Å². The first-order valence-corrected chi connectivity index (χ1v) is 8.60. The molecule has 112 valence electrons. The van der Waals surface area contributed by atoms with Crippen LogP contribution in [0.3, 0.4) is 0 Å². The van der Waals surface area contributed by atoms with Gasteiger partial charge in [0.05, 0.1) is 20.7 Å². The van der Waals surface area contributed by atoms with Gasteiger partial charge in [-0.15, -0.1) is 0 Å². The van der Waals surface area contributed by atoms with Crippen LogP contribution < -0.4 is 5.32 Å². The predicted molar refractivity (Wildman–Crippen MR) is 90.4 cm³/mol. The summed E-state index contributed by atoms with van der Waals surface area (Å²) < 4.78 is 12.6. The summed E-state index contributed by atoms with van der Waals surface area (Å²) in [5.41, 5.74) is 3.63. The van der Waals surface area contributed by atoms with E-state index in [1.54, 1.807) is 6.07 Å². The van der Waals surface area contributed by atoms with Crippen LogP contribution in [0.4, 0.5) is 0 Å². The van der Waals surface area contributed by atoms with E-state index in [1.807, 2.05) is 25.2 Å². The third kappa shape index (κ3) is 3.94. The van der Waals surface area contributed by atoms with Crippen LogP contribution in [0, 0.1) is 13.8 Å². The van der Waals surface area contributed by atoms with Crippen LogP contribution in [-0.2, 0) is 10.8 Å². The molecule has 2 unspecified atom stereocenters. The van der Waals surface area contributed by atoms with Crippen LogP contribution in [0.15, 0.2) is 47.4 Å². The molecule has 0 aromatic heterocycles. The van der Waals surface area contributed by atoms with Gasteiger partial charge in [-0.3, -0.25) is 4.21 Å². The Morgan fingerprint density at radius 2 is 1.90 bits per heavy atom. The zero-order valence-electron chi connectivity index (χ0n) is 12.5. The molecule has 2 rings (SSSR count). The Kier molecular flexibility index (Phi) is 5.57. The predicted octanol–water partition coefficient (Wildman–Crippen LogP) is 4.03. The van der Waals surface area contributed by atoms with E-state index in [0.29, 0.717) is 15.7 Å². The average molecular weight is 322 g/mol. The fraction of sp³-hybridized carbons (Fsp3) is 0.294. The van der Waals surface area contributed by atoms with Crippen molar-refractivity contribution in [2.75, 3.05) is 12.8 Å². The zero-order chi connectivity index (χ0) is 15.4. The lowest BCUT2D eigenvalue weighted by Gasteiger charge is -2.19. The molecule has 2 aromatic rings. The van der Waals surface area contributed by atoms with Crippen LogP contribution in [0.25, 0.3) is 0 Å². The molecular formula is C17H20ClNOS. The molecule has 2 nitrogen and oxygen atoms in total. The lowest BCUT2D eigenvalue weighted by atomic mass is 10.0. The Balaban J connectivity index is 2.23. The summed E-state index contributed by atoms with van der Waals surface area (Å²) >= 11 is 6.13. The highest BCUT2D eigenvalue weighted by atomic mass is 35.5. The molecule has 0 saturated carbocycles. The fourth-order valence-electron chi connectivity index (χ4n) is 2.42. The van der Waals surface area contributed by atoms with Gasteiger partial charge < -0.3 is 5.32 Å². The third-order valence-electron chi connectivity index (χ3n) is 3.55. The Labute approximate surface area is 134 Å². The topological polar surface area (TPSA) is 29.1 Å². The standard InChI is InChI=1S/C17H20ClNOS/c1-12-8-9-14(13(2)10-12)16(19-3)11-21(20)17-7-5-4-6-15(17)18/h4-10,16,19H,11H2,1-3H3. The SMILES string of the molecule is CNC(CS(=O)c1ccccc1Cl)c1ccc(C)cc1C. The molecule has 4 heteroatoms. The molecule has 21 heavy (non-hydrogen) atoms. The summed E-state index contributed by atoms with van der Waals surface area (Å²) in [7, 11) is 0.763. The fourth-order valence-corrected chi connectivity index (χ4v) is 4.15. The molecular weight excluding hydrogens is 302 g/mol. The molecule has 0 amide bonds. The summed E-state index contributed by atoms with van der Waals surface area (Å²) in [6.45, 7) is 4.16. The lowest BCUT2D eigenvalue weighted by molar-refractivity contribution is 0.633. The Hall–Kier alpha value is -1.16. The zero-order valence-corrected chi connectivity index (χ0v) is 14.1. The van der Waals surface area contributed by atoms with Gasteiger partial charge >= 0.3 is 0 Å². The molecule has 0 bridgehead atoms. The third-order valence-corrected chi connectivity index (χ3v) is 5.47. The van der Waals surface area contributed by atoms with Crippen LogP contribution >= 0.6 is 11.6 Å². The molecule has 0 fully saturated rings. The van der Waals surface area contributed by atoms with E-state index in [2.05, 4.69) is 37.4 Å².